The zero-order valence-electron chi connectivity index (χ0n) is 8.87. The average Bonchev–Trinajstić information content (AvgIpc) is 2.79. The van der Waals surface area contributed by atoms with Crippen LogP contribution in [0.2, 0.25) is 0 Å². The Morgan fingerprint density at radius 1 is 1.14 bits per heavy atom. The molecule has 2 fully saturated rings. The standard InChI is InChI=1S/C14H18/c1-14(12-5-3-2-4-6-12)10-11-7-8-13(14)9-11/h2-6,11,13H,7-10H2,1H3. The van der Waals surface area contributed by atoms with Gasteiger partial charge in [-0.15, -0.1) is 0 Å². The third-order valence-corrected chi connectivity index (χ3v) is 4.59. The summed E-state index contributed by atoms with van der Waals surface area (Å²) in [6, 6.07) is 11.1. The minimum atomic E-state index is 0.504. The summed E-state index contributed by atoms with van der Waals surface area (Å²) >= 11 is 0. The fourth-order valence-corrected chi connectivity index (χ4v) is 3.78. The van der Waals surface area contributed by atoms with Crippen molar-refractivity contribution in [2.24, 2.45) is 11.8 Å². The maximum Gasteiger partial charge on any atom is -0.00443 e. The molecule has 0 spiro atoms. The molecule has 2 aliphatic rings. The Kier molecular flexibility index (Phi) is 1.74. The van der Waals surface area contributed by atoms with Crippen LogP contribution in [0.3, 0.4) is 0 Å². The highest BCUT2D eigenvalue weighted by atomic mass is 14.5. The predicted molar refractivity (Wildman–Crippen MR) is 59.2 cm³/mol. The largest absolute Gasteiger partial charge is 0.0622 e. The fourth-order valence-electron chi connectivity index (χ4n) is 3.78. The summed E-state index contributed by atoms with van der Waals surface area (Å²) in [4.78, 5) is 0. The Hall–Kier alpha value is -0.780. The first-order chi connectivity index (χ1) is 6.79. The molecule has 1 aromatic carbocycles. The summed E-state index contributed by atoms with van der Waals surface area (Å²) in [5, 5.41) is 0. The third kappa shape index (κ3) is 1.06. The molecule has 0 N–H and O–H groups in total. The van der Waals surface area contributed by atoms with E-state index in [2.05, 4.69) is 37.3 Å². The molecule has 74 valence electrons. The second kappa shape index (κ2) is 2.85. The summed E-state index contributed by atoms with van der Waals surface area (Å²) in [5.74, 6) is 2.00. The Labute approximate surface area is 86.3 Å². The van der Waals surface area contributed by atoms with Gasteiger partial charge in [0.25, 0.3) is 0 Å². The van der Waals surface area contributed by atoms with Gasteiger partial charge in [-0.25, -0.2) is 0 Å². The molecular formula is C14H18. The van der Waals surface area contributed by atoms with Gasteiger partial charge in [-0.2, -0.15) is 0 Å². The first kappa shape index (κ1) is 8.52. The predicted octanol–water partition coefficient (Wildman–Crippen LogP) is 3.76. The van der Waals surface area contributed by atoms with E-state index >= 15 is 0 Å². The van der Waals surface area contributed by atoms with Crippen molar-refractivity contribution >= 4 is 0 Å². The number of hydrogen-bond acceptors (Lipinski definition) is 0. The van der Waals surface area contributed by atoms with E-state index in [1.807, 2.05) is 0 Å². The van der Waals surface area contributed by atoms with Crippen LogP contribution in [0.4, 0.5) is 0 Å². The van der Waals surface area contributed by atoms with E-state index in [9.17, 15) is 0 Å². The molecule has 2 bridgehead atoms. The molecule has 3 unspecified atom stereocenters. The summed E-state index contributed by atoms with van der Waals surface area (Å²) in [6.07, 6.45) is 5.89. The molecule has 0 amide bonds. The average molecular weight is 186 g/mol. The number of hydrogen-bond donors (Lipinski definition) is 0. The molecule has 2 aliphatic carbocycles. The van der Waals surface area contributed by atoms with Crippen molar-refractivity contribution in [1.29, 1.82) is 0 Å². The molecule has 0 aromatic heterocycles. The van der Waals surface area contributed by atoms with E-state index in [0.717, 1.165) is 11.8 Å². The number of fused-ring (bicyclic) bond motifs is 2. The second-order valence-corrected chi connectivity index (χ2v) is 5.36. The summed E-state index contributed by atoms with van der Waals surface area (Å²) in [6.45, 7) is 2.48. The van der Waals surface area contributed by atoms with Gasteiger partial charge in [0.05, 0.1) is 0 Å². The monoisotopic (exact) mass is 186 g/mol. The minimum Gasteiger partial charge on any atom is -0.0622 e. The van der Waals surface area contributed by atoms with Crippen LogP contribution in [-0.2, 0) is 5.41 Å². The summed E-state index contributed by atoms with van der Waals surface area (Å²) < 4.78 is 0. The van der Waals surface area contributed by atoms with Crippen molar-refractivity contribution in [2.45, 2.75) is 38.0 Å². The van der Waals surface area contributed by atoms with E-state index in [4.69, 9.17) is 0 Å². The van der Waals surface area contributed by atoms with E-state index in [1.54, 1.807) is 5.56 Å². The molecule has 0 heterocycles. The van der Waals surface area contributed by atoms with E-state index in [1.165, 1.54) is 25.7 Å². The van der Waals surface area contributed by atoms with Crippen LogP contribution in [0, 0.1) is 11.8 Å². The quantitative estimate of drug-likeness (QED) is 0.626. The first-order valence-electron chi connectivity index (χ1n) is 5.84. The van der Waals surface area contributed by atoms with Crippen LogP contribution < -0.4 is 0 Å². The molecule has 0 aliphatic heterocycles. The fraction of sp³-hybridized carbons (Fsp3) is 0.571. The smallest absolute Gasteiger partial charge is 0.00443 e. The third-order valence-electron chi connectivity index (χ3n) is 4.59. The molecule has 14 heavy (non-hydrogen) atoms. The molecule has 2 saturated carbocycles. The Morgan fingerprint density at radius 3 is 2.50 bits per heavy atom. The van der Waals surface area contributed by atoms with E-state index in [0.29, 0.717) is 5.41 Å². The molecule has 3 atom stereocenters. The van der Waals surface area contributed by atoms with Gasteiger partial charge in [0, 0.05) is 0 Å². The minimum absolute atomic E-state index is 0.504. The summed E-state index contributed by atoms with van der Waals surface area (Å²) in [7, 11) is 0. The topological polar surface area (TPSA) is 0 Å². The van der Waals surface area contributed by atoms with Crippen LogP contribution in [-0.4, -0.2) is 0 Å². The van der Waals surface area contributed by atoms with Gasteiger partial charge < -0.3 is 0 Å². The van der Waals surface area contributed by atoms with E-state index < -0.39 is 0 Å². The van der Waals surface area contributed by atoms with Crippen molar-refractivity contribution in [3.8, 4) is 0 Å². The molecule has 1 aromatic rings. The van der Waals surface area contributed by atoms with Gasteiger partial charge in [0.15, 0.2) is 0 Å². The highest BCUT2D eigenvalue weighted by Crippen LogP contribution is 2.56. The Bertz CT molecular complexity index is 327. The lowest BCUT2D eigenvalue weighted by atomic mass is 9.70. The van der Waals surface area contributed by atoms with E-state index in [-0.39, 0.29) is 0 Å². The van der Waals surface area contributed by atoms with Crippen molar-refractivity contribution in [2.75, 3.05) is 0 Å². The van der Waals surface area contributed by atoms with Crippen molar-refractivity contribution in [3.63, 3.8) is 0 Å². The second-order valence-electron chi connectivity index (χ2n) is 5.36. The van der Waals surface area contributed by atoms with Gasteiger partial charge in [-0.1, -0.05) is 43.7 Å². The van der Waals surface area contributed by atoms with Crippen LogP contribution in [0.25, 0.3) is 0 Å². The lowest BCUT2D eigenvalue weighted by Crippen LogP contribution is -2.28. The molecule has 0 heteroatoms. The maximum absolute atomic E-state index is 2.48. The molecule has 0 radical (unpaired) electrons. The van der Waals surface area contributed by atoms with Gasteiger partial charge in [0.1, 0.15) is 0 Å². The zero-order valence-corrected chi connectivity index (χ0v) is 8.87. The van der Waals surface area contributed by atoms with Crippen molar-refractivity contribution in [3.05, 3.63) is 35.9 Å². The van der Waals surface area contributed by atoms with Gasteiger partial charge in [0.2, 0.25) is 0 Å². The summed E-state index contributed by atoms with van der Waals surface area (Å²) in [5.41, 5.74) is 2.08. The normalized spacial score (nSPS) is 40.4. The molecule has 0 nitrogen and oxygen atoms in total. The van der Waals surface area contributed by atoms with Crippen molar-refractivity contribution < 1.29 is 0 Å². The Balaban J connectivity index is 1.98. The molecule has 0 saturated heterocycles. The Morgan fingerprint density at radius 2 is 1.93 bits per heavy atom. The van der Waals surface area contributed by atoms with Gasteiger partial charge in [-0.3, -0.25) is 0 Å². The number of benzene rings is 1. The maximum atomic E-state index is 2.48. The van der Waals surface area contributed by atoms with Crippen LogP contribution >= 0.6 is 0 Å². The lowest BCUT2D eigenvalue weighted by Gasteiger charge is -2.34. The van der Waals surface area contributed by atoms with Gasteiger partial charge >= 0.3 is 0 Å². The van der Waals surface area contributed by atoms with Gasteiger partial charge in [-0.05, 0) is 42.1 Å². The SMILES string of the molecule is CC1(c2ccccc2)CC2CCC1C2. The van der Waals surface area contributed by atoms with Crippen LogP contribution in [0.5, 0.6) is 0 Å². The highest BCUT2D eigenvalue weighted by Gasteiger charge is 2.48. The van der Waals surface area contributed by atoms with Crippen LogP contribution in [0.1, 0.15) is 38.2 Å². The highest BCUT2D eigenvalue weighted by molar-refractivity contribution is 5.28. The zero-order chi connectivity index (χ0) is 9.60. The number of rotatable bonds is 1. The lowest BCUT2D eigenvalue weighted by molar-refractivity contribution is 0.293. The van der Waals surface area contributed by atoms with Crippen molar-refractivity contribution in [1.82, 2.24) is 0 Å². The molecular weight excluding hydrogens is 168 g/mol. The molecule has 3 rings (SSSR count). The van der Waals surface area contributed by atoms with Crippen LogP contribution in [0.15, 0.2) is 30.3 Å². The first-order valence-corrected chi connectivity index (χ1v) is 5.84.